The first-order chi connectivity index (χ1) is 9.25. The summed E-state index contributed by atoms with van der Waals surface area (Å²) in [6, 6.07) is 11.2. The third-order valence-corrected chi connectivity index (χ3v) is 3.26. The number of carbonyl (C=O) groups is 1. The van der Waals surface area contributed by atoms with Crippen molar-refractivity contribution in [2.24, 2.45) is 11.0 Å². The van der Waals surface area contributed by atoms with Gasteiger partial charge in [-0.3, -0.25) is 4.79 Å². The number of carbonyl (C=O) groups excluding carboxylic acids is 1. The van der Waals surface area contributed by atoms with E-state index in [-0.39, 0.29) is 17.6 Å². The van der Waals surface area contributed by atoms with E-state index < -0.39 is 0 Å². The van der Waals surface area contributed by atoms with Crippen LogP contribution in [0.25, 0.3) is 10.8 Å². The molecule has 1 aliphatic rings. The van der Waals surface area contributed by atoms with Gasteiger partial charge in [0.25, 0.3) is 0 Å². The molecule has 19 heavy (non-hydrogen) atoms. The molecule has 1 fully saturated rings. The number of hydrogen-bond donors (Lipinski definition) is 2. The Labute approximate surface area is 110 Å². The minimum atomic E-state index is -0.0454. The number of phenolic OH excluding ortho intramolecular Hbond substituents is 1. The quantitative estimate of drug-likeness (QED) is 0.652. The van der Waals surface area contributed by atoms with Gasteiger partial charge < -0.3 is 5.11 Å². The van der Waals surface area contributed by atoms with Crippen LogP contribution in [0, 0.1) is 5.92 Å². The van der Waals surface area contributed by atoms with Gasteiger partial charge in [0, 0.05) is 11.5 Å². The maximum Gasteiger partial charge on any atom is 0.243 e. The molecule has 0 spiro atoms. The topological polar surface area (TPSA) is 61.7 Å². The Balaban J connectivity index is 1.88. The van der Waals surface area contributed by atoms with Crippen LogP contribution < -0.4 is 5.43 Å². The average molecular weight is 254 g/mol. The van der Waals surface area contributed by atoms with Crippen LogP contribution in [0.15, 0.2) is 41.5 Å². The molecule has 0 radical (unpaired) electrons. The van der Waals surface area contributed by atoms with Crippen molar-refractivity contribution < 1.29 is 9.90 Å². The van der Waals surface area contributed by atoms with Crippen LogP contribution in [0.5, 0.6) is 5.75 Å². The highest BCUT2D eigenvalue weighted by Gasteiger charge is 2.29. The maximum atomic E-state index is 11.5. The molecule has 0 aliphatic heterocycles. The van der Waals surface area contributed by atoms with Gasteiger partial charge in [-0.1, -0.05) is 30.3 Å². The lowest BCUT2D eigenvalue weighted by molar-refractivity contribution is -0.122. The molecule has 2 N–H and O–H groups in total. The molecule has 4 nitrogen and oxygen atoms in total. The molecule has 1 aliphatic carbocycles. The van der Waals surface area contributed by atoms with Gasteiger partial charge >= 0.3 is 0 Å². The third kappa shape index (κ3) is 2.42. The summed E-state index contributed by atoms with van der Waals surface area (Å²) in [5.74, 6) is 0.234. The summed E-state index contributed by atoms with van der Waals surface area (Å²) in [7, 11) is 0. The van der Waals surface area contributed by atoms with Crippen LogP contribution in [0.4, 0.5) is 0 Å². The number of benzene rings is 2. The van der Waals surface area contributed by atoms with E-state index in [2.05, 4.69) is 10.5 Å². The molecule has 1 saturated carbocycles. The van der Waals surface area contributed by atoms with Gasteiger partial charge in [0.15, 0.2) is 0 Å². The predicted molar refractivity (Wildman–Crippen MR) is 74.1 cm³/mol. The Morgan fingerprint density at radius 1 is 1.26 bits per heavy atom. The van der Waals surface area contributed by atoms with Crippen molar-refractivity contribution in [1.29, 1.82) is 0 Å². The normalized spacial score (nSPS) is 14.9. The molecule has 0 aromatic heterocycles. The van der Waals surface area contributed by atoms with E-state index in [0.29, 0.717) is 5.56 Å². The lowest BCUT2D eigenvalue weighted by Crippen LogP contribution is -2.18. The van der Waals surface area contributed by atoms with Gasteiger partial charge in [-0.25, -0.2) is 5.43 Å². The van der Waals surface area contributed by atoms with Crippen LogP contribution in [-0.4, -0.2) is 17.2 Å². The van der Waals surface area contributed by atoms with Gasteiger partial charge in [-0.05, 0) is 29.7 Å². The Morgan fingerprint density at radius 2 is 2.05 bits per heavy atom. The van der Waals surface area contributed by atoms with Crippen LogP contribution in [0.2, 0.25) is 0 Å². The zero-order chi connectivity index (χ0) is 13.2. The Hall–Kier alpha value is -2.36. The van der Waals surface area contributed by atoms with Crippen molar-refractivity contribution in [1.82, 2.24) is 5.43 Å². The minimum absolute atomic E-state index is 0.0454. The molecule has 0 heterocycles. The van der Waals surface area contributed by atoms with Crippen molar-refractivity contribution in [3.63, 3.8) is 0 Å². The highest BCUT2D eigenvalue weighted by atomic mass is 16.3. The lowest BCUT2D eigenvalue weighted by Gasteiger charge is -2.04. The number of phenols is 1. The summed E-state index contributed by atoms with van der Waals surface area (Å²) in [4.78, 5) is 11.5. The molecule has 3 rings (SSSR count). The first-order valence-electron chi connectivity index (χ1n) is 6.29. The highest BCUT2D eigenvalue weighted by Crippen LogP contribution is 2.29. The molecule has 0 saturated heterocycles. The number of aromatic hydroxyl groups is 1. The Bertz CT molecular complexity index is 660. The van der Waals surface area contributed by atoms with Crippen LogP contribution >= 0.6 is 0 Å². The lowest BCUT2D eigenvalue weighted by atomic mass is 10.0. The molecule has 0 atom stereocenters. The summed E-state index contributed by atoms with van der Waals surface area (Å²) < 4.78 is 0. The number of fused-ring (bicyclic) bond motifs is 1. The molecular weight excluding hydrogens is 240 g/mol. The van der Waals surface area contributed by atoms with Crippen LogP contribution in [-0.2, 0) is 4.79 Å². The van der Waals surface area contributed by atoms with Crippen molar-refractivity contribution in [2.75, 3.05) is 0 Å². The van der Waals surface area contributed by atoms with Gasteiger partial charge in [-0.15, -0.1) is 0 Å². The van der Waals surface area contributed by atoms with E-state index in [1.165, 1.54) is 6.21 Å². The Morgan fingerprint density at radius 3 is 2.84 bits per heavy atom. The monoisotopic (exact) mass is 254 g/mol. The van der Waals surface area contributed by atoms with Gasteiger partial charge in [0.1, 0.15) is 5.75 Å². The molecule has 0 bridgehead atoms. The molecule has 2 aromatic carbocycles. The number of hydrazone groups is 1. The number of amides is 1. The van der Waals surface area contributed by atoms with Gasteiger partial charge in [-0.2, -0.15) is 5.10 Å². The smallest absolute Gasteiger partial charge is 0.243 e. The molecule has 4 heteroatoms. The maximum absolute atomic E-state index is 11.5. The predicted octanol–water partition coefficient (Wildman–Crippen LogP) is 2.41. The fourth-order valence-corrected chi connectivity index (χ4v) is 2.02. The summed E-state index contributed by atoms with van der Waals surface area (Å²) in [5, 5.41) is 15.8. The van der Waals surface area contributed by atoms with E-state index in [1.807, 2.05) is 30.3 Å². The third-order valence-electron chi connectivity index (χ3n) is 3.26. The average Bonchev–Trinajstić information content (AvgIpc) is 3.25. The van der Waals surface area contributed by atoms with E-state index >= 15 is 0 Å². The largest absolute Gasteiger partial charge is 0.507 e. The second kappa shape index (κ2) is 4.72. The summed E-state index contributed by atoms with van der Waals surface area (Å²) >= 11 is 0. The molecule has 1 amide bonds. The van der Waals surface area contributed by atoms with Crippen molar-refractivity contribution >= 4 is 22.9 Å². The fraction of sp³-hybridized carbons (Fsp3) is 0.200. The zero-order valence-electron chi connectivity index (χ0n) is 10.3. The summed E-state index contributed by atoms with van der Waals surface area (Å²) in [5.41, 5.74) is 3.12. The molecule has 0 unspecified atom stereocenters. The standard InChI is InChI=1S/C15H14N2O2/c18-14-8-7-10-3-1-2-4-12(10)13(14)9-16-17-15(19)11-5-6-11/h1-4,7-9,11,18H,5-6H2,(H,17,19)/b16-9+. The fourth-order valence-electron chi connectivity index (χ4n) is 2.02. The number of nitrogens with one attached hydrogen (secondary N) is 1. The second-order valence-electron chi connectivity index (χ2n) is 4.73. The molecule has 96 valence electrons. The van der Waals surface area contributed by atoms with E-state index in [0.717, 1.165) is 23.6 Å². The van der Waals surface area contributed by atoms with Gasteiger partial charge in [0.2, 0.25) is 5.91 Å². The van der Waals surface area contributed by atoms with Crippen molar-refractivity contribution in [3.8, 4) is 5.75 Å². The number of nitrogens with zero attached hydrogens (tertiary/aromatic N) is 1. The minimum Gasteiger partial charge on any atom is -0.507 e. The number of hydrogen-bond acceptors (Lipinski definition) is 3. The highest BCUT2D eigenvalue weighted by molar-refractivity contribution is 6.02. The molecular formula is C15H14N2O2. The zero-order valence-corrected chi connectivity index (χ0v) is 10.3. The van der Waals surface area contributed by atoms with E-state index in [4.69, 9.17) is 0 Å². The van der Waals surface area contributed by atoms with E-state index in [1.54, 1.807) is 6.07 Å². The number of rotatable bonds is 3. The Kier molecular flexibility index (Phi) is 2.91. The SMILES string of the molecule is O=C(N/N=C/c1c(O)ccc2ccccc12)C1CC1. The van der Waals surface area contributed by atoms with Crippen molar-refractivity contribution in [3.05, 3.63) is 42.0 Å². The van der Waals surface area contributed by atoms with Crippen LogP contribution in [0.3, 0.4) is 0 Å². The van der Waals surface area contributed by atoms with Gasteiger partial charge in [0.05, 0.1) is 6.21 Å². The first-order valence-corrected chi connectivity index (χ1v) is 6.29. The first kappa shape index (κ1) is 11.7. The summed E-state index contributed by atoms with van der Waals surface area (Å²) in [6.07, 6.45) is 3.39. The van der Waals surface area contributed by atoms with E-state index in [9.17, 15) is 9.90 Å². The van der Waals surface area contributed by atoms with Crippen LogP contribution in [0.1, 0.15) is 18.4 Å². The van der Waals surface area contributed by atoms with Crippen molar-refractivity contribution in [2.45, 2.75) is 12.8 Å². The summed E-state index contributed by atoms with van der Waals surface area (Å²) in [6.45, 7) is 0. The second-order valence-corrected chi connectivity index (χ2v) is 4.73. The molecule has 2 aromatic rings.